The summed E-state index contributed by atoms with van der Waals surface area (Å²) in [4.78, 5) is 26.0. The van der Waals surface area contributed by atoms with Crippen molar-refractivity contribution in [2.24, 2.45) is 0 Å². The predicted octanol–water partition coefficient (Wildman–Crippen LogP) is 4.01. The Labute approximate surface area is 170 Å². The smallest absolute Gasteiger partial charge is 0.317 e. The molecule has 0 bridgehead atoms. The lowest BCUT2D eigenvalue weighted by molar-refractivity contribution is -0.116. The van der Waals surface area contributed by atoms with Gasteiger partial charge in [0.05, 0.1) is 6.54 Å². The Balaban J connectivity index is 1.77. The highest BCUT2D eigenvalue weighted by molar-refractivity contribution is 6.31. The van der Waals surface area contributed by atoms with Gasteiger partial charge in [0, 0.05) is 17.3 Å². The molecule has 150 valence electrons. The van der Waals surface area contributed by atoms with Crippen LogP contribution in [0.25, 0.3) is 0 Å². The third kappa shape index (κ3) is 6.78. The van der Waals surface area contributed by atoms with Crippen LogP contribution >= 0.6 is 11.6 Å². The molecule has 0 aliphatic heterocycles. The molecule has 0 aliphatic carbocycles. The van der Waals surface area contributed by atoms with Crippen LogP contribution in [-0.4, -0.2) is 43.1 Å². The van der Waals surface area contributed by atoms with Gasteiger partial charge < -0.3 is 20.3 Å². The molecule has 0 atom stereocenters. The molecular formula is C21H26ClN3O3. The third-order valence-electron chi connectivity index (χ3n) is 4.15. The standard InChI is InChI=1S/C21H26ClN3O3/c1-4-25(14-20(26)24-19-13-17(22)8-7-16(19)3)21(27)23-11-12-28-18-9-5-15(2)6-10-18/h5-10,13H,4,11-12,14H2,1-3H3,(H,23,27)(H,24,26). The molecule has 2 aromatic carbocycles. The van der Waals surface area contributed by atoms with E-state index in [2.05, 4.69) is 10.6 Å². The third-order valence-corrected chi connectivity index (χ3v) is 4.38. The summed E-state index contributed by atoms with van der Waals surface area (Å²) in [6, 6.07) is 12.7. The van der Waals surface area contributed by atoms with E-state index in [0.717, 1.165) is 16.9 Å². The summed E-state index contributed by atoms with van der Waals surface area (Å²) in [5, 5.41) is 6.10. The van der Waals surface area contributed by atoms with Gasteiger partial charge in [-0.2, -0.15) is 0 Å². The summed E-state index contributed by atoms with van der Waals surface area (Å²) < 4.78 is 5.58. The van der Waals surface area contributed by atoms with Crippen LogP contribution < -0.4 is 15.4 Å². The lowest BCUT2D eigenvalue weighted by Gasteiger charge is -2.21. The first-order valence-corrected chi connectivity index (χ1v) is 9.55. The number of carbonyl (C=O) groups is 2. The zero-order valence-corrected chi connectivity index (χ0v) is 17.2. The average Bonchev–Trinajstić information content (AvgIpc) is 2.67. The van der Waals surface area contributed by atoms with Gasteiger partial charge in [0.1, 0.15) is 18.9 Å². The number of nitrogens with one attached hydrogen (secondary N) is 2. The zero-order chi connectivity index (χ0) is 20.5. The number of nitrogens with zero attached hydrogens (tertiary/aromatic N) is 1. The fraction of sp³-hybridized carbons (Fsp3) is 0.333. The molecule has 0 saturated heterocycles. The van der Waals surface area contributed by atoms with E-state index in [4.69, 9.17) is 16.3 Å². The number of halogens is 1. The van der Waals surface area contributed by atoms with Crippen molar-refractivity contribution in [3.63, 3.8) is 0 Å². The lowest BCUT2D eigenvalue weighted by atomic mass is 10.2. The van der Waals surface area contributed by atoms with Gasteiger partial charge in [0.25, 0.3) is 0 Å². The number of rotatable bonds is 8. The topological polar surface area (TPSA) is 70.7 Å². The average molecular weight is 404 g/mol. The van der Waals surface area contributed by atoms with E-state index in [9.17, 15) is 9.59 Å². The maximum atomic E-state index is 12.3. The Morgan fingerprint density at radius 1 is 1.11 bits per heavy atom. The van der Waals surface area contributed by atoms with E-state index in [1.807, 2.05) is 51.1 Å². The first-order chi connectivity index (χ1) is 13.4. The number of carbonyl (C=O) groups excluding carboxylic acids is 2. The van der Waals surface area contributed by atoms with Crippen LogP contribution in [0.2, 0.25) is 5.02 Å². The highest BCUT2D eigenvalue weighted by atomic mass is 35.5. The van der Waals surface area contributed by atoms with E-state index in [1.54, 1.807) is 12.1 Å². The summed E-state index contributed by atoms with van der Waals surface area (Å²) >= 11 is 5.97. The Morgan fingerprint density at radius 2 is 1.82 bits per heavy atom. The second-order valence-electron chi connectivity index (χ2n) is 6.42. The Bertz CT molecular complexity index is 809. The van der Waals surface area contributed by atoms with Crippen molar-refractivity contribution in [2.45, 2.75) is 20.8 Å². The van der Waals surface area contributed by atoms with Gasteiger partial charge in [-0.15, -0.1) is 0 Å². The summed E-state index contributed by atoms with van der Waals surface area (Å²) in [7, 11) is 0. The maximum absolute atomic E-state index is 12.3. The van der Waals surface area contributed by atoms with Crippen LogP contribution in [-0.2, 0) is 4.79 Å². The number of hydrogen-bond acceptors (Lipinski definition) is 3. The van der Waals surface area contributed by atoms with Crippen molar-refractivity contribution >= 4 is 29.2 Å². The van der Waals surface area contributed by atoms with Gasteiger partial charge in [-0.05, 0) is 50.6 Å². The highest BCUT2D eigenvalue weighted by Crippen LogP contribution is 2.20. The second kappa shape index (κ2) is 10.6. The number of hydrogen-bond donors (Lipinski definition) is 2. The van der Waals surface area contributed by atoms with Gasteiger partial charge in [-0.25, -0.2) is 4.79 Å². The van der Waals surface area contributed by atoms with Crippen molar-refractivity contribution < 1.29 is 14.3 Å². The Morgan fingerprint density at radius 3 is 2.50 bits per heavy atom. The predicted molar refractivity (Wildman–Crippen MR) is 112 cm³/mol. The van der Waals surface area contributed by atoms with Crippen molar-refractivity contribution in [3.8, 4) is 5.75 Å². The summed E-state index contributed by atoms with van der Waals surface area (Å²) in [6.45, 7) is 6.76. The number of amides is 3. The molecule has 0 spiro atoms. The Hall–Kier alpha value is -2.73. The maximum Gasteiger partial charge on any atom is 0.317 e. The highest BCUT2D eigenvalue weighted by Gasteiger charge is 2.16. The van der Waals surface area contributed by atoms with Crippen molar-refractivity contribution in [3.05, 3.63) is 58.6 Å². The van der Waals surface area contributed by atoms with Gasteiger partial charge in [-0.1, -0.05) is 35.4 Å². The van der Waals surface area contributed by atoms with E-state index in [1.165, 1.54) is 4.90 Å². The summed E-state index contributed by atoms with van der Waals surface area (Å²) in [6.07, 6.45) is 0. The van der Waals surface area contributed by atoms with Crippen molar-refractivity contribution in [2.75, 3.05) is 31.6 Å². The molecule has 0 fully saturated rings. The number of likely N-dealkylation sites (N-methyl/N-ethyl adjacent to an activating group) is 1. The molecular weight excluding hydrogens is 378 g/mol. The molecule has 2 rings (SSSR count). The molecule has 0 unspecified atom stereocenters. The number of ether oxygens (including phenoxy) is 1. The first-order valence-electron chi connectivity index (χ1n) is 9.17. The molecule has 2 N–H and O–H groups in total. The molecule has 2 aromatic rings. The van der Waals surface area contributed by atoms with Crippen LogP contribution in [0.3, 0.4) is 0 Å². The fourth-order valence-corrected chi connectivity index (χ4v) is 2.66. The first kappa shape index (κ1) is 21.6. The van der Waals surface area contributed by atoms with Crippen LogP contribution in [0.1, 0.15) is 18.1 Å². The summed E-state index contributed by atoms with van der Waals surface area (Å²) in [5.74, 6) is 0.474. The molecule has 0 radical (unpaired) electrons. The number of urea groups is 1. The molecule has 0 saturated carbocycles. The number of aryl methyl sites for hydroxylation is 2. The molecule has 7 heteroatoms. The van der Waals surface area contributed by atoms with Crippen LogP contribution in [0.4, 0.5) is 10.5 Å². The molecule has 0 aliphatic rings. The summed E-state index contributed by atoms with van der Waals surface area (Å²) in [5.41, 5.74) is 2.70. The number of anilines is 1. The van der Waals surface area contributed by atoms with E-state index < -0.39 is 0 Å². The fourth-order valence-electron chi connectivity index (χ4n) is 2.49. The Kier molecular flexibility index (Phi) is 8.14. The van der Waals surface area contributed by atoms with Crippen molar-refractivity contribution in [1.29, 1.82) is 0 Å². The van der Waals surface area contributed by atoms with E-state index in [-0.39, 0.29) is 18.5 Å². The minimum atomic E-state index is -0.312. The second-order valence-corrected chi connectivity index (χ2v) is 6.85. The monoisotopic (exact) mass is 403 g/mol. The van der Waals surface area contributed by atoms with Gasteiger partial charge >= 0.3 is 6.03 Å². The van der Waals surface area contributed by atoms with Crippen molar-refractivity contribution in [1.82, 2.24) is 10.2 Å². The largest absolute Gasteiger partial charge is 0.492 e. The van der Waals surface area contributed by atoms with Crippen LogP contribution in [0.5, 0.6) is 5.75 Å². The number of benzene rings is 2. The molecule has 28 heavy (non-hydrogen) atoms. The van der Waals surface area contributed by atoms with Crippen LogP contribution in [0, 0.1) is 13.8 Å². The SMILES string of the molecule is CCN(CC(=O)Nc1cc(Cl)ccc1C)C(=O)NCCOc1ccc(C)cc1. The quantitative estimate of drug-likeness (QED) is 0.654. The van der Waals surface area contributed by atoms with Gasteiger partial charge in [-0.3, -0.25) is 4.79 Å². The van der Waals surface area contributed by atoms with E-state index >= 15 is 0 Å². The van der Waals surface area contributed by atoms with E-state index in [0.29, 0.717) is 30.4 Å². The minimum absolute atomic E-state index is 0.0485. The molecule has 6 nitrogen and oxygen atoms in total. The normalized spacial score (nSPS) is 10.3. The van der Waals surface area contributed by atoms with Gasteiger partial charge in [0.2, 0.25) is 5.91 Å². The zero-order valence-electron chi connectivity index (χ0n) is 16.4. The lowest BCUT2D eigenvalue weighted by Crippen LogP contribution is -2.45. The van der Waals surface area contributed by atoms with Gasteiger partial charge in [0.15, 0.2) is 0 Å². The minimum Gasteiger partial charge on any atom is -0.492 e. The molecule has 3 amide bonds. The van der Waals surface area contributed by atoms with Crippen LogP contribution in [0.15, 0.2) is 42.5 Å². The molecule has 0 heterocycles. The molecule has 0 aromatic heterocycles.